The van der Waals surface area contributed by atoms with Crippen LogP contribution < -0.4 is 4.74 Å². The molecule has 108 valence electrons. The van der Waals surface area contributed by atoms with Crippen LogP contribution in [0.4, 0.5) is 0 Å². The maximum Gasteiger partial charge on any atom is 0.343 e. The summed E-state index contributed by atoms with van der Waals surface area (Å²) in [7, 11) is 3.68. The first kappa shape index (κ1) is 14.9. The summed E-state index contributed by atoms with van der Waals surface area (Å²) in [5.74, 6) is 0.0363. The molecule has 21 heavy (non-hydrogen) atoms. The van der Waals surface area contributed by atoms with Crippen LogP contribution in [0.5, 0.6) is 5.75 Å². The summed E-state index contributed by atoms with van der Waals surface area (Å²) in [5, 5.41) is 0. The van der Waals surface area contributed by atoms with E-state index in [9.17, 15) is 9.59 Å². The highest BCUT2D eigenvalue weighted by atomic mass is 16.5. The maximum absolute atomic E-state index is 11.9. The van der Waals surface area contributed by atoms with E-state index < -0.39 is 5.97 Å². The summed E-state index contributed by atoms with van der Waals surface area (Å²) in [6.45, 7) is 0.350. The molecular weight excluding hydrogens is 266 g/mol. The van der Waals surface area contributed by atoms with E-state index in [1.807, 2.05) is 25.1 Å². The average Bonchev–Trinajstić information content (AvgIpc) is 2.48. The van der Waals surface area contributed by atoms with Crippen molar-refractivity contribution >= 4 is 11.8 Å². The zero-order chi connectivity index (χ0) is 15.2. The van der Waals surface area contributed by atoms with Crippen LogP contribution in [0.2, 0.25) is 0 Å². The zero-order valence-corrected chi connectivity index (χ0v) is 12.1. The monoisotopic (exact) mass is 283 g/mol. The predicted molar refractivity (Wildman–Crippen MR) is 80.7 cm³/mol. The lowest BCUT2D eigenvalue weighted by Gasteiger charge is -2.09. The van der Waals surface area contributed by atoms with Crippen molar-refractivity contribution in [1.82, 2.24) is 4.90 Å². The number of ether oxygens (including phenoxy) is 1. The first-order valence-corrected chi connectivity index (χ1v) is 6.61. The van der Waals surface area contributed by atoms with Gasteiger partial charge in [0.15, 0.2) is 5.78 Å². The molecule has 0 radical (unpaired) electrons. The zero-order valence-electron chi connectivity index (χ0n) is 12.1. The molecule has 0 fully saturated rings. The molecule has 0 amide bonds. The molecule has 0 atom stereocenters. The van der Waals surface area contributed by atoms with E-state index in [1.165, 1.54) is 0 Å². The summed E-state index contributed by atoms with van der Waals surface area (Å²) in [6.07, 6.45) is 0. The van der Waals surface area contributed by atoms with Gasteiger partial charge in [-0.2, -0.15) is 0 Å². The van der Waals surface area contributed by atoms with Crippen LogP contribution in [-0.4, -0.2) is 37.3 Å². The molecular formula is C17H17NO3. The highest BCUT2D eigenvalue weighted by molar-refractivity contribution is 5.97. The minimum Gasteiger partial charge on any atom is -0.423 e. The molecule has 0 bridgehead atoms. The van der Waals surface area contributed by atoms with Crippen LogP contribution >= 0.6 is 0 Å². The quantitative estimate of drug-likeness (QED) is 0.481. The van der Waals surface area contributed by atoms with E-state index in [2.05, 4.69) is 0 Å². The SMILES string of the molecule is CN(C)CC(=O)c1ccc(OC(=O)c2ccccc2)cc1. The van der Waals surface area contributed by atoms with Gasteiger partial charge in [-0.05, 0) is 50.5 Å². The van der Waals surface area contributed by atoms with Gasteiger partial charge < -0.3 is 9.64 Å². The molecule has 0 aliphatic carbocycles. The van der Waals surface area contributed by atoms with E-state index in [0.717, 1.165) is 0 Å². The molecule has 4 heteroatoms. The Morgan fingerprint density at radius 3 is 2.10 bits per heavy atom. The Morgan fingerprint density at radius 1 is 0.905 bits per heavy atom. The number of nitrogens with zero attached hydrogens (tertiary/aromatic N) is 1. The van der Waals surface area contributed by atoms with Gasteiger partial charge in [-0.1, -0.05) is 18.2 Å². The molecule has 0 saturated heterocycles. The third-order valence-corrected chi connectivity index (χ3v) is 2.86. The topological polar surface area (TPSA) is 46.6 Å². The number of rotatable bonds is 5. The fourth-order valence-corrected chi connectivity index (χ4v) is 1.83. The lowest BCUT2D eigenvalue weighted by atomic mass is 10.1. The smallest absolute Gasteiger partial charge is 0.343 e. The molecule has 0 N–H and O–H groups in total. The summed E-state index contributed by atoms with van der Waals surface area (Å²) < 4.78 is 5.26. The number of Topliss-reactive ketones (excluding diaryl/α,β-unsaturated/α-hetero) is 1. The van der Waals surface area contributed by atoms with Crippen LogP contribution in [0, 0.1) is 0 Å². The predicted octanol–water partition coefficient (Wildman–Crippen LogP) is 2.65. The van der Waals surface area contributed by atoms with Gasteiger partial charge in [0.05, 0.1) is 12.1 Å². The van der Waals surface area contributed by atoms with E-state index >= 15 is 0 Å². The highest BCUT2D eigenvalue weighted by Crippen LogP contribution is 2.15. The molecule has 2 aromatic carbocycles. The lowest BCUT2D eigenvalue weighted by molar-refractivity contribution is 0.0734. The molecule has 2 aromatic rings. The van der Waals surface area contributed by atoms with Crippen LogP contribution in [0.1, 0.15) is 20.7 Å². The van der Waals surface area contributed by atoms with Gasteiger partial charge in [-0.3, -0.25) is 4.79 Å². The van der Waals surface area contributed by atoms with Gasteiger partial charge in [0.1, 0.15) is 5.75 Å². The van der Waals surface area contributed by atoms with Crippen molar-refractivity contribution in [1.29, 1.82) is 0 Å². The number of benzene rings is 2. The fraction of sp³-hybridized carbons (Fsp3) is 0.176. The molecule has 0 unspecified atom stereocenters. The minimum absolute atomic E-state index is 0.0286. The van der Waals surface area contributed by atoms with Crippen molar-refractivity contribution in [3.63, 3.8) is 0 Å². The standard InChI is InChI=1S/C17H17NO3/c1-18(2)12-16(19)13-8-10-15(11-9-13)21-17(20)14-6-4-3-5-7-14/h3-11H,12H2,1-2H3. The number of ketones is 1. The van der Waals surface area contributed by atoms with E-state index in [0.29, 0.717) is 23.4 Å². The van der Waals surface area contributed by atoms with E-state index in [4.69, 9.17) is 4.74 Å². The number of esters is 1. The highest BCUT2D eigenvalue weighted by Gasteiger charge is 2.10. The minimum atomic E-state index is -0.414. The maximum atomic E-state index is 11.9. The van der Waals surface area contributed by atoms with Crippen LogP contribution in [-0.2, 0) is 0 Å². The van der Waals surface area contributed by atoms with Crippen molar-refractivity contribution < 1.29 is 14.3 Å². The Balaban J connectivity index is 2.03. The lowest BCUT2D eigenvalue weighted by Crippen LogP contribution is -2.21. The van der Waals surface area contributed by atoms with Crippen molar-refractivity contribution in [3.05, 3.63) is 65.7 Å². The fourth-order valence-electron chi connectivity index (χ4n) is 1.83. The van der Waals surface area contributed by atoms with E-state index in [-0.39, 0.29) is 5.78 Å². The summed E-state index contributed by atoms with van der Waals surface area (Å²) in [4.78, 5) is 25.6. The third kappa shape index (κ3) is 4.26. The number of carbonyl (C=O) groups excluding carboxylic acids is 2. The number of hydrogen-bond acceptors (Lipinski definition) is 4. The van der Waals surface area contributed by atoms with Gasteiger partial charge in [0.2, 0.25) is 0 Å². The molecule has 0 heterocycles. The number of carbonyl (C=O) groups is 2. The van der Waals surface area contributed by atoms with Gasteiger partial charge in [-0.15, -0.1) is 0 Å². The van der Waals surface area contributed by atoms with Crippen molar-refractivity contribution in [2.24, 2.45) is 0 Å². The van der Waals surface area contributed by atoms with Gasteiger partial charge in [-0.25, -0.2) is 4.79 Å². The van der Waals surface area contributed by atoms with Gasteiger partial charge in [0, 0.05) is 5.56 Å². The molecule has 2 rings (SSSR count). The first-order chi connectivity index (χ1) is 10.1. The Morgan fingerprint density at radius 2 is 1.52 bits per heavy atom. The number of hydrogen-bond donors (Lipinski definition) is 0. The van der Waals surface area contributed by atoms with Crippen LogP contribution in [0.15, 0.2) is 54.6 Å². The Bertz CT molecular complexity index is 618. The molecule has 0 spiro atoms. The molecule has 4 nitrogen and oxygen atoms in total. The van der Waals surface area contributed by atoms with Crippen molar-refractivity contribution in [2.75, 3.05) is 20.6 Å². The third-order valence-electron chi connectivity index (χ3n) is 2.86. The molecule has 0 saturated carbocycles. The first-order valence-electron chi connectivity index (χ1n) is 6.61. The average molecular weight is 283 g/mol. The molecule has 0 aliphatic heterocycles. The van der Waals surface area contributed by atoms with E-state index in [1.54, 1.807) is 48.5 Å². The number of likely N-dealkylation sites (N-methyl/N-ethyl adjacent to an activating group) is 1. The molecule has 0 aliphatic rings. The van der Waals surface area contributed by atoms with Gasteiger partial charge >= 0.3 is 5.97 Å². The second-order valence-electron chi connectivity index (χ2n) is 4.94. The van der Waals surface area contributed by atoms with Crippen LogP contribution in [0.3, 0.4) is 0 Å². The summed E-state index contributed by atoms with van der Waals surface area (Å²) in [5.41, 5.74) is 1.09. The Kier molecular flexibility index (Phi) is 4.85. The van der Waals surface area contributed by atoms with Crippen LogP contribution in [0.25, 0.3) is 0 Å². The summed E-state index contributed by atoms with van der Waals surface area (Å²) >= 11 is 0. The Labute approximate surface area is 124 Å². The van der Waals surface area contributed by atoms with Crippen molar-refractivity contribution in [2.45, 2.75) is 0 Å². The molecule has 0 aromatic heterocycles. The largest absolute Gasteiger partial charge is 0.423 e. The van der Waals surface area contributed by atoms with Crippen molar-refractivity contribution in [3.8, 4) is 5.75 Å². The Hall–Kier alpha value is -2.46. The van der Waals surface area contributed by atoms with Gasteiger partial charge in [0.25, 0.3) is 0 Å². The second kappa shape index (κ2) is 6.81. The summed E-state index contributed by atoms with van der Waals surface area (Å²) in [6, 6.07) is 15.4. The normalized spacial score (nSPS) is 10.4. The second-order valence-corrected chi connectivity index (χ2v) is 4.94.